The molecule has 0 saturated carbocycles. The average molecular weight is 270 g/mol. The van der Waals surface area contributed by atoms with Gasteiger partial charge in [0.25, 0.3) is 0 Å². The number of carboxylic acids is 1. The number of unbranched alkanes of at least 4 members (excludes halogenated alkanes) is 1. The predicted molar refractivity (Wildman–Crippen MR) is 79.6 cm³/mol. The third-order valence-corrected chi connectivity index (χ3v) is 3.12. The minimum Gasteiger partial charge on any atom is -0.478 e. The van der Waals surface area contributed by atoms with Crippen LogP contribution in [0.5, 0.6) is 0 Å². The number of pyridine rings is 1. The molecule has 2 aromatic rings. The summed E-state index contributed by atoms with van der Waals surface area (Å²) in [6, 6.07) is 11.3. The van der Waals surface area contributed by atoms with Crippen LogP contribution < -0.4 is 4.90 Å². The van der Waals surface area contributed by atoms with Crippen LogP contribution in [0, 0.1) is 0 Å². The molecule has 0 fully saturated rings. The van der Waals surface area contributed by atoms with Gasteiger partial charge in [-0.25, -0.2) is 4.79 Å². The van der Waals surface area contributed by atoms with Gasteiger partial charge in [-0.1, -0.05) is 31.5 Å². The summed E-state index contributed by atoms with van der Waals surface area (Å²) >= 11 is 0. The van der Waals surface area contributed by atoms with Crippen LogP contribution >= 0.6 is 0 Å². The van der Waals surface area contributed by atoms with Gasteiger partial charge in [0.15, 0.2) is 0 Å². The summed E-state index contributed by atoms with van der Waals surface area (Å²) in [6.07, 6.45) is 5.16. The Bertz CT molecular complexity index is 570. The van der Waals surface area contributed by atoms with Gasteiger partial charge in [-0.15, -0.1) is 0 Å². The van der Waals surface area contributed by atoms with Crippen molar-refractivity contribution in [3.05, 3.63) is 54.4 Å². The lowest BCUT2D eigenvalue weighted by Gasteiger charge is -2.25. The Morgan fingerprint density at radius 3 is 2.65 bits per heavy atom. The van der Waals surface area contributed by atoms with Crippen LogP contribution in [0.25, 0.3) is 0 Å². The molecule has 1 N–H and O–H groups in total. The van der Waals surface area contributed by atoms with Crippen molar-refractivity contribution < 1.29 is 9.90 Å². The van der Waals surface area contributed by atoms with E-state index < -0.39 is 5.97 Å². The summed E-state index contributed by atoms with van der Waals surface area (Å²) in [5.74, 6) is -0.931. The number of benzene rings is 1. The second-order valence-electron chi connectivity index (χ2n) is 4.54. The van der Waals surface area contributed by atoms with E-state index in [4.69, 9.17) is 0 Å². The molecule has 0 radical (unpaired) electrons. The van der Waals surface area contributed by atoms with Gasteiger partial charge in [0, 0.05) is 18.4 Å². The van der Waals surface area contributed by atoms with Gasteiger partial charge in [0.2, 0.25) is 0 Å². The monoisotopic (exact) mass is 270 g/mol. The van der Waals surface area contributed by atoms with Crippen LogP contribution in [0.3, 0.4) is 0 Å². The Kier molecular flexibility index (Phi) is 4.71. The highest BCUT2D eigenvalue weighted by atomic mass is 16.4. The molecule has 4 nitrogen and oxygen atoms in total. The highest BCUT2D eigenvalue weighted by Gasteiger charge is 2.17. The molecule has 2 rings (SSSR count). The number of aromatic carboxylic acids is 1. The van der Waals surface area contributed by atoms with Crippen LogP contribution in [0.1, 0.15) is 30.1 Å². The first kappa shape index (κ1) is 14.1. The number of anilines is 2. The van der Waals surface area contributed by atoms with Gasteiger partial charge in [0.1, 0.15) is 0 Å². The lowest BCUT2D eigenvalue weighted by molar-refractivity contribution is 0.0697. The molecule has 0 aliphatic heterocycles. The van der Waals surface area contributed by atoms with E-state index in [0.717, 1.165) is 25.1 Å². The van der Waals surface area contributed by atoms with Crippen molar-refractivity contribution in [3.63, 3.8) is 0 Å². The van der Waals surface area contributed by atoms with Gasteiger partial charge in [-0.05, 0) is 24.6 Å². The van der Waals surface area contributed by atoms with E-state index in [1.165, 1.54) is 6.20 Å². The molecule has 1 heterocycles. The second kappa shape index (κ2) is 6.70. The number of hydrogen-bond donors (Lipinski definition) is 1. The molecule has 1 aromatic carbocycles. The largest absolute Gasteiger partial charge is 0.478 e. The summed E-state index contributed by atoms with van der Waals surface area (Å²) in [7, 11) is 0. The number of para-hydroxylation sites is 1. The van der Waals surface area contributed by atoms with Gasteiger partial charge >= 0.3 is 5.97 Å². The molecule has 0 atom stereocenters. The number of rotatable bonds is 6. The summed E-state index contributed by atoms with van der Waals surface area (Å²) in [5, 5.41) is 9.33. The quantitative estimate of drug-likeness (QED) is 0.869. The zero-order valence-electron chi connectivity index (χ0n) is 11.5. The molecule has 0 bridgehead atoms. The van der Waals surface area contributed by atoms with Gasteiger partial charge in [0.05, 0.1) is 17.4 Å². The molecule has 0 unspecified atom stereocenters. The van der Waals surface area contributed by atoms with Crippen molar-refractivity contribution in [2.75, 3.05) is 11.4 Å². The average Bonchev–Trinajstić information content (AvgIpc) is 2.49. The Morgan fingerprint density at radius 1 is 1.25 bits per heavy atom. The minimum atomic E-state index is -0.931. The van der Waals surface area contributed by atoms with Crippen LogP contribution in [-0.2, 0) is 0 Å². The number of carboxylic acid groups (broad SMARTS) is 1. The maximum absolute atomic E-state index is 11.4. The zero-order chi connectivity index (χ0) is 14.4. The maximum atomic E-state index is 11.4. The normalized spacial score (nSPS) is 10.2. The first-order chi connectivity index (χ1) is 9.74. The van der Waals surface area contributed by atoms with Crippen LogP contribution in [0.15, 0.2) is 48.8 Å². The Balaban J connectivity index is 2.44. The molecule has 20 heavy (non-hydrogen) atoms. The van der Waals surface area contributed by atoms with E-state index in [1.807, 2.05) is 35.2 Å². The Morgan fingerprint density at radius 2 is 2.00 bits per heavy atom. The number of hydrogen-bond acceptors (Lipinski definition) is 3. The number of carbonyl (C=O) groups is 1. The molecule has 4 heteroatoms. The van der Waals surface area contributed by atoms with E-state index in [2.05, 4.69) is 11.9 Å². The molecular formula is C16H18N2O2. The molecule has 0 amide bonds. The first-order valence-electron chi connectivity index (χ1n) is 6.74. The van der Waals surface area contributed by atoms with E-state index in [0.29, 0.717) is 5.69 Å². The van der Waals surface area contributed by atoms with Crippen molar-refractivity contribution in [3.8, 4) is 0 Å². The van der Waals surface area contributed by atoms with E-state index in [1.54, 1.807) is 12.3 Å². The fourth-order valence-electron chi connectivity index (χ4n) is 2.09. The molecule has 104 valence electrons. The molecule has 0 aliphatic carbocycles. The van der Waals surface area contributed by atoms with E-state index in [-0.39, 0.29) is 5.56 Å². The lowest BCUT2D eigenvalue weighted by Crippen LogP contribution is -2.21. The summed E-state index contributed by atoms with van der Waals surface area (Å²) < 4.78 is 0. The van der Waals surface area contributed by atoms with E-state index in [9.17, 15) is 9.90 Å². The standard InChI is InChI=1S/C16H18N2O2/c1-2-3-11-18(13-7-5-4-6-8-13)15-12-17-10-9-14(15)16(19)20/h4-10,12H,2-3,11H2,1H3,(H,19,20). The van der Waals surface area contributed by atoms with Crippen LogP contribution in [-0.4, -0.2) is 22.6 Å². The zero-order valence-corrected chi connectivity index (χ0v) is 11.5. The lowest BCUT2D eigenvalue weighted by atomic mass is 10.1. The topological polar surface area (TPSA) is 53.4 Å². The van der Waals surface area contributed by atoms with Gasteiger partial charge in [-0.3, -0.25) is 4.98 Å². The van der Waals surface area contributed by atoms with Crippen molar-refractivity contribution in [1.29, 1.82) is 0 Å². The molecule has 0 aliphatic rings. The fraction of sp³-hybridized carbons (Fsp3) is 0.250. The van der Waals surface area contributed by atoms with Crippen molar-refractivity contribution in [1.82, 2.24) is 4.98 Å². The Hall–Kier alpha value is -2.36. The summed E-state index contributed by atoms with van der Waals surface area (Å²) in [5.41, 5.74) is 1.90. The van der Waals surface area contributed by atoms with Crippen molar-refractivity contribution in [2.24, 2.45) is 0 Å². The first-order valence-corrected chi connectivity index (χ1v) is 6.74. The number of nitrogens with zero attached hydrogens (tertiary/aromatic N) is 2. The predicted octanol–water partition coefficient (Wildman–Crippen LogP) is 3.72. The summed E-state index contributed by atoms with van der Waals surface area (Å²) in [4.78, 5) is 17.5. The minimum absolute atomic E-state index is 0.278. The van der Waals surface area contributed by atoms with Gasteiger partial charge < -0.3 is 10.0 Å². The maximum Gasteiger partial charge on any atom is 0.337 e. The third-order valence-electron chi connectivity index (χ3n) is 3.12. The second-order valence-corrected chi connectivity index (χ2v) is 4.54. The fourth-order valence-corrected chi connectivity index (χ4v) is 2.09. The molecule has 0 spiro atoms. The van der Waals surface area contributed by atoms with Gasteiger partial charge in [-0.2, -0.15) is 0 Å². The third kappa shape index (κ3) is 3.15. The number of aromatic nitrogens is 1. The smallest absolute Gasteiger partial charge is 0.337 e. The molecule has 0 saturated heterocycles. The van der Waals surface area contributed by atoms with Crippen molar-refractivity contribution in [2.45, 2.75) is 19.8 Å². The highest BCUT2D eigenvalue weighted by Crippen LogP contribution is 2.28. The Labute approximate surface area is 118 Å². The summed E-state index contributed by atoms with van der Waals surface area (Å²) in [6.45, 7) is 2.89. The SMILES string of the molecule is CCCCN(c1ccccc1)c1cnccc1C(=O)O. The van der Waals surface area contributed by atoms with Crippen LogP contribution in [0.2, 0.25) is 0 Å². The van der Waals surface area contributed by atoms with Crippen LogP contribution in [0.4, 0.5) is 11.4 Å². The molecule has 1 aromatic heterocycles. The van der Waals surface area contributed by atoms with Crippen molar-refractivity contribution >= 4 is 17.3 Å². The van der Waals surface area contributed by atoms with E-state index >= 15 is 0 Å². The molecular weight excluding hydrogens is 252 g/mol. The highest BCUT2D eigenvalue weighted by molar-refractivity contribution is 5.95.